The Balaban J connectivity index is 1.74. The van der Waals surface area contributed by atoms with E-state index in [1.807, 2.05) is 0 Å². The third-order valence-electron chi connectivity index (χ3n) is 3.91. The summed E-state index contributed by atoms with van der Waals surface area (Å²) >= 11 is 5.82. The number of alkyl halides is 3. The van der Waals surface area contributed by atoms with E-state index in [1.54, 1.807) is 29.0 Å². The average Bonchev–Trinajstić information content (AvgIpc) is 3.07. The number of anilines is 1. The van der Waals surface area contributed by atoms with Crippen LogP contribution in [0.15, 0.2) is 55.0 Å². The van der Waals surface area contributed by atoms with Crippen LogP contribution in [0.2, 0.25) is 5.15 Å². The van der Waals surface area contributed by atoms with Crippen molar-refractivity contribution in [3.05, 3.63) is 71.3 Å². The van der Waals surface area contributed by atoms with Crippen molar-refractivity contribution in [1.82, 2.24) is 9.55 Å². The number of carbonyl (C=O) groups excluding carboxylic acids is 1. The van der Waals surface area contributed by atoms with Crippen molar-refractivity contribution in [2.24, 2.45) is 0 Å². The molecule has 0 aliphatic carbocycles. The van der Waals surface area contributed by atoms with Gasteiger partial charge in [-0.15, -0.1) is 0 Å². The number of halogens is 4. The number of hydrogen-bond acceptors (Lipinski definition) is 3. The zero-order chi connectivity index (χ0) is 20.3. The molecule has 0 fully saturated rings. The summed E-state index contributed by atoms with van der Waals surface area (Å²) in [6.45, 7) is 0. The predicted octanol–water partition coefficient (Wildman–Crippen LogP) is 4.73. The first-order valence-electron chi connectivity index (χ1n) is 8.10. The van der Waals surface area contributed by atoms with Gasteiger partial charge in [0.05, 0.1) is 24.8 Å². The average molecular weight is 410 g/mol. The van der Waals surface area contributed by atoms with Crippen LogP contribution in [0.4, 0.5) is 18.9 Å². The number of amides is 1. The maximum atomic E-state index is 12.8. The molecular weight excluding hydrogens is 395 g/mol. The number of carbonyl (C=O) groups is 1. The van der Waals surface area contributed by atoms with E-state index in [-0.39, 0.29) is 12.0 Å². The van der Waals surface area contributed by atoms with Crippen LogP contribution in [0.25, 0.3) is 5.69 Å². The SMILES string of the molecule is COc1cc(NC(=O)Cc2cccc(C(F)(F)F)c2)ccc1-n1cnc(Cl)c1. The molecule has 0 unspecified atom stereocenters. The molecule has 0 spiro atoms. The largest absolute Gasteiger partial charge is 0.494 e. The number of rotatable bonds is 5. The van der Waals surface area contributed by atoms with Crippen LogP contribution in [-0.2, 0) is 17.4 Å². The molecule has 0 saturated heterocycles. The standard InChI is InChI=1S/C19H15ClF3N3O2/c1-28-16-9-14(5-6-15(16)26-10-17(20)24-11-26)25-18(27)8-12-3-2-4-13(7-12)19(21,22)23/h2-7,9-11H,8H2,1H3,(H,25,27). The van der Waals surface area contributed by atoms with Crippen molar-refractivity contribution < 1.29 is 22.7 Å². The van der Waals surface area contributed by atoms with Crippen LogP contribution in [-0.4, -0.2) is 22.6 Å². The highest BCUT2D eigenvalue weighted by atomic mass is 35.5. The summed E-state index contributed by atoms with van der Waals surface area (Å²) in [4.78, 5) is 16.2. The first-order valence-corrected chi connectivity index (χ1v) is 8.48. The monoisotopic (exact) mass is 409 g/mol. The van der Waals surface area contributed by atoms with E-state index < -0.39 is 17.6 Å². The number of imidazole rings is 1. The Labute approximate surface area is 163 Å². The molecule has 1 N–H and O–H groups in total. The highest BCUT2D eigenvalue weighted by Gasteiger charge is 2.30. The van der Waals surface area contributed by atoms with Crippen molar-refractivity contribution in [2.75, 3.05) is 12.4 Å². The van der Waals surface area contributed by atoms with Crippen molar-refractivity contribution in [2.45, 2.75) is 12.6 Å². The summed E-state index contributed by atoms with van der Waals surface area (Å²) < 4.78 is 45.4. The van der Waals surface area contributed by atoms with E-state index in [1.165, 1.54) is 25.6 Å². The summed E-state index contributed by atoms with van der Waals surface area (Å²) in [6.07, 6.45) is -1.52. The lowest BCUT2D eigenvalue weighted by molar-refractivity contribution is -0.137. The van der Waals surface area contributed by atoms with Gasteiger partial charge in [0.1, 0.15) is 17.2 Å². The molecule has 3 aromatic rings. The number of hydrogen-bond donors (Lipinski definition) is 1. The fourth-order valence-corrected chi connectivity index (χ4v) is 2.80. The topological polar surface area (TPSA) is 56.1 Å². The molecule has 0 saturated carbocycles. The van der Waals surface area contributed by atoms with Crippen molar-refractivity contribution in [3.8, 4) is 11.4 Å². The zero-order valence-electron chi connectivity index (χ0n) is 14.6. The predicted molar refractivity (Wildman–Crippen MR) is 98.9 cm³/mol. The Morgan fingerprint density at radius 2 is 2.04 bits per heavy atom. The minimum absolute atomic E-state index is 0.189. The summed E-state index contributed by atoms with van der Waals surface area (Å²) in [5.41, 5.74) is 0.591. The highest BCUT2D eigenvalue weighted by Crippen LogP contribution is 2.30. The molecule has 0 radical (unpaired) electrons. The fraction of sp³-hybridized carbons (Fsp3) is 0.158. The van der Waals surface area contributed by atoms with Gasteiger partial charge in [0.2, 0.25) is 5.91 Å². The number of ether oxygens (including phenoxy) is 1. The van der Waals surface area contributed by atoms with Crippen molar-refractivity contribution in [3.63, 3.8) is 0 Å². The van der Waals surface area contributed by atoms with Crippen LogP contribution in [0, 0.1) is 0 Å². The lowest BCUT2D eigenvalue weighted by Gasteiger charge is -2.12. The maximum absolute atomic E-state index is 12.8. The Kier molecular flexibility index (Phi) is 5.60. The second kappa shape index (κ2) is 7.93. The first kappa shape index (κ1) is 19.8. The van der Waals surface area contributed by atoms with Crippen LogP contribution in [0.5, 0.6) is 5.75 Å². The second-order valence-electron chi connectivity index (χ2n) is 5.91. The zero-order valence-corrected chi connectivity index (χ0v) is 15.4. The van der Waals surface area contributed by atoms with Crippen LogP contribution >= 0.6 is 11.6 Å². The van der Waals surface area contributed by atoms with Crippen LogP contribution in [0.1, 0.15) is 11.1 Å². The van der Waals surface area contributed by atoms with Gasteiger partial charge in [0.15, 0.2) is 0 Å². The molecule has 0 aliphatic heterocycles. The molecule has 3 rings (SSSR count). The molecule has 0 aliphatic rings. The molecule has 1 heterocycles. The van der Waals surface area contributed by atoms with E-state index >= 15 is 0 Å². The molecule has 0 atom stereocenters. The molecule has 1 amide bonds. The van der Waals surface area contributed by atoms with Gasteiger partial charge in [-0.1, -0.05) is 29.8 Å². The number of nitrogens with zero attached hydrogens (tertiary/aromatic N) is 2. The molecule has 9 heteroatoms. The van der Waals surface area contributed by atoms with E-state index in [0.717, 1.165) is 12.1 Å². The minimum atomic E-state index is -4.45. The third kappa shape index (κ3) is 4.64. The van der Waals surface area contributed by atoms with Crippen molar-refractivity contribution >= 4 is 23.2 Å². The van der Waals surface area contributed by atoms with Crippen LogP contribution < -0.4 is 10.1 Å². The summed E-state index contributed by atoms with van der Waals surface area (Å²) in [6, 6.07) is 9.64. The van der Waals surface area contributed by atoms with Gasteiger partial charge >= 0.3 is 6.18 Å². The second-order valence-corrected chi connectivity index (χ2v) is 6.30. The molecule has 5 nitrogen and oxygen atoms in total. The van der Waals surface area contributed by atoms with Gasteiger partial charge in [-0.05, 0) is 23.8 Å². The van der Waals surface area contributed by atoms with E-state index in [9.17, 15) is 18.0 Å². The molecular formula is C19H15ClF3N3O2. The van der Waals surface area contributed by atoms with Crippen molar-refractivity contribution in [1.29, 1.82) is 0 Å². The van der Waals surface area contributed by atoms with E-state index in [4.69, 9.17) is 16.3 Å². The maximum Gasteiger partial charge on any atom is 0.416 e. The Hall–Kier alpha value is -3.00. The minimum Gasteiger partial charge on any atom is -0.494 e. The lowest BCUT2D eigenvalue weighted by atomic mass is 10.1. The Morgan fingerprint density at radius 3 is 2.68 bits per heavy atom. The van der Waals surface area contributed by atoms with Gasteiger partial charge < -0.3 is 14.6 Å². The van der Waals surface area contributed by atoms with Crippen LogP contribution in [0.3, 0.4) is 0 Å². The normalized spacial score (nSPS) is 11.3. The molecule has 2 aromatic carbocycles. The van der Waals surface area contributed by atoms with Gasteiger partial charge in [-0.25, -0.2) is 4.98 Å². The number of aromatic nitrogens is 2. The molecule has 28 heavy (non-hydrogen) atoms. The molecule has 1 aromatic heterocycles. The lowest BCUT2D eigenvalue weighted by Crippen LogP contribution is -2.15. The van der Waals surface area contributed by atoms with Gasteiger partial charge in [0.25, 0.3) is 0 Å². The Bertz CT molecular complexity index is 1000. The molecule has 146 valence electrons. The summed E-state index contributed by atoms with van der Waals surface area (Å²) in [5, 5.41) is 2.98. The fourth-order valence-electron chi connectivity index (χ4n) is 2.65. The van der Waals surface area contributed by atoms with Gasteiger partial charge in [0, 0.05) is 18.0 Å². The highest BCUT2D eigenvalue weighted by molar-refractivity contribution is 6.29. The quantitative estimate of drug-likeness (QED) is 0.662. The van der Waals surface area contributed by atoms with Gasteiger partial charge in [-0.2, -0.15) is 13.2 Å². The number of methoxy groups -OCH3 is 1. The number of benzene rings is 2. The smallest absolute Gasteiger partial charge is 0.416 e. The summed E-state index contributed by atoms with van der Waals surface area (Å²) in [7, 11) is 1.48. The first-order chi connectivity index (χ1) is 13.3. The van der Waals surface area contributed by atoms with Gasteiger partial charge in [-0.3, -0.25) is 4.79 Å². The molecule has 0 bridgehead atoms. The number of nitrogens with one attached hydrogen (secondary N) is 1. The summed E-state index contributed by atoms with van der Waals surface area (Å²) in [5.74, 6) is 0.0192. The van der Waals surface area contributed by atoms with E-state index in [2.05, 4.69) is 10.3 Å². The Morgan fingerprint density at radius 1 is 1.25 bits per heavy atom. The van der Waals surface area contributed by atoms with E-state index in [0.29, 0.717) is 22.3 Å². The third-order valence-corrected chi connectivity index (χ3v) is 4.11.